The molecule has 0 saturated heterocycles. The monoisotopic (exact) mass is 1400 g/mol. The van der Waals surface area contributed by atoms with Gasteiger partial charge in [0.25, 0.3) is 76.0 Å². The molecule has 8 aromatic carbocycles. The third-order valence-corrected chi connectivity index (χ3v) is 15.1. The molecule has 1 aliphatic carbocycles. The van der Waals surface area contributed by atoms with Gasteiger partial charge in [-0.1, -0.05) is 87.2 Å². The molecule has 8 aromatic rings. The van der Waals surface area contributed by atoms with Gasteiger partial charge in [0.05, 0.1) is 0 Å². The Morgan fingerprint density at radius 1 is 0.430 bits per heavy atom. The average Bonchev–Trinajstić information content (AvgIpc) is 0.828. The minimum Gasteiger partial charge on any atom is -0.385 e. The fourth-order valence-electron chi connectivity index (χ4n) is 8.92. The fourth-order valence-corrected chi connectivity index (χ4v) is 8.92. The Bertz CT molecular complexity index is 4250. The summed E-state index contributed by atoms with van der Waals surface area (Å²) in [5.41, 5.74) is 2.17. The van der Waals surface area contributed by atoms with Gasteiger partial charge in [-0.05, 0) is 77.9 Å². The number of rotatable bonds is 30. The molecular formula is C70H111N15O15. The van der Waals surface area contributed by atoms with E-state index in [9.17, 15) is 67.1 Å². The van der Waals surface area contributed by atoms with Crippen molar-refractivity contribution in [1.29, 1.82) is 0 Å². The lowest BCUT2D eigenvalue weighted by Crippen LogP contribution is -2.40. The number of nitrogens with zero attached hydrogens (tertiary/aromatic N) is 1. The molecule has 0 spiro atoms. The van der Waals surface area contributed by atoms with Gasteiger partial charge in [0, 0.05) is 114 Å². The van der Waals surface area contributed by atoms with E-state index in [1.165, 1.54) is 12.0 Å². The van der Waals surface area contributed by atoms with E-state index >= 15 is 0 Å². The maximum atomic E-state index is 11.3. The molecule has 0 bridgehead atoms. The minimum absolute atomic E-state index is 0. The zero-order valence-electron chi connectivity index (χ0n) is 57.8. The summed E-state index contributed by atoms with van der Waals surface area (Å²) in [6.07, 6.45) is 6.06. The van der Waals surface area contributed by atoms with Crippen molar-refractivity contribution in [1.82, 2.24) is 4.90 Å². The number of ether oxygens (including phenoxy) is 1. The topological polar surface area (TPSA) is 420 Å². The van der Waals surface area contributed by atoms with Crippen molar-refractivity contribution in [3.63, 3.8) is 0 Å². The number of nitrogens with one attached hydrogen (secondary N) is 14. The van der Waals surface area contributed by atoms with Crippen LogP contribution in [0.2, 0.25) is 0 Å². The Morgan fingerprint density at radius 2 is 0.750 bits per heavy atom. The molecule has 0 heterocycles. The summed E-state index contributed by atoms with van der Waals surface area (Å²) in [4.78, 5) is 156. The van der Waals surface area contributed by atoms with Crippen molar-refractivity contribution in [2.75, 3.05) is 184 Å². The van der Waals surface area contributed by atoms with Gasteiger partial charge in [-0.25, -0.2) is 0 Å². The molecule has 556 valence electrons. The molecule has 0 aromatic heterocycles. The first-order valence-electron chi connectivity index (χ1n) is 31.6. The van der Waals surface area contributed by atoms with Gasteiger partial charge in [-0.3, -0.25) is 67.1 Å². The van der Waals surface area contributed by atoms with Crippen LogP contribution in [-0.4, -0.2) is 127 Å². The maximum Gasteiger partial charge on any atom is 0.253 e. The highest BCUT2D eigenvalue weighted by atomic mass is 16.5. The molecule has 0 amide bonds. The van der Waals surface area contributed by atoms with Crippen LogP contribution >= 0.6 is 0 Å². The number of aryl methyl sites for hydroxylation is 1. The van der Waals surface area contributed by atoms with E-state index in [1.54, 1.807) is 56.4 Å². The van der Waals surface area contributed by atoms with Crippen molar-refractivity contribution >= 4 is 79.6 Å². The molecule has 1 fully saturated rings. The molecule has 1 atom stereocenters. The van der Waals surface area contributed by atoms with Crippen molar-refractivity contribution in [3.8, 4) is 0 Å². The molecule has 30 heteroatoms. The van der Waals surface area contributed by atoms with E-state index in [0.717, 1.165) is 50.8 Å². The Labute approximate surface area is 584 Å². The molecule has 1 saturated carbocycles. The SMILES string of the molecule is C.C.C.C.CCC(C)Nc1c(NC)c(=O)c1=O.CCCNc1c(NC)c(=O)c1=O.CNc1c(NC2CCC2)c(=O)c1=O.CNc1c(NCC(C)C)c(=O)c1=O.CNc1c(NCCCOC)c(=O)c1=O.CNc1c(NCCN(C)C)c(=O)c1=O.CNc1c(NCc2ccc(C)cc2)c(=O)c1=O. The Morgan fingerprint density at radius 3 is 1.08 bits per heavy atom. The second-order valence-electron chi connectivity index (χ2n) is 22.9. The van der Waals surface area contributed by atoms with Crippen LogP contribution in [0.5, 0.6) is 0 Å². The molecule has 1 aliphatic rings. The van der Waals surface area contributed by atoms with Crippen molar-refractivity contribution in [2.45, 2.75) is 128 Å². The number of hydrogen-bond acceptors (Lipinski definition) is 30. The van der Waals surface area contributed by atoms with Gasteiger partial charge in [0.1, 0.15) is 79.6 Å². The standard InChI is InChI=1S/C13H14N2O2.C9H15N3O2.C9H14N2O3.C9H12N2O2.2C9H14N2O2.C8H12N2O2.4CH4/c1-8-3-5-9(6-4-8)7-15-11-10(14-2)12(16)13(11)17;1-10-6-7(9(14)8(6)13)11-4-5-12(2)3;1-10-6-7(9(13)8(6)12)11-4-3-5-14-2;1-10-6-7(9(13)8(6)12)11-5-3-2-4-5;1-5(2)4-11-7-6(10-3)8(12)9(7)13;1-4-5(2)11-7-6(10-3)8(12)9(7)13;1-3-4-10-6-5(9-2)7(11)8(6)12;;;;/h3-6,14-15H,7H2,1-2H3;10-11H,4-5H2,1-3H3;10-11H,3-5H2,1-2H3;5,10-11H,2-4H2,1H3;2*5,10-11H,4H2,1-3H3;9-10H,3-4H2,1-2H3;4*1H4. The zero-order chi connectivity index (χ0) is 72.3. The number of hydrogen-bond donors (Lipinski definition) is 14. The van der Waals surface area contributed by atoms with Gasteiger partial charge in [-0.15, -0.1) is 0 Å². The van der Waals surface area contributed by atoms with Crippen LogP contribution in [0.4, 0.5) is 79.6 Å². The van der Waals surface area contributed by atoms with Crippen LogP contribution < -0.4 is 150 Å². The zero-order valence-corrected chi connectivity index (χ0v) is 57.8. The predicted molar refractivity (Wildman–Crippen MR) is 421 cm³/mol. The van der Waals surface area contributed by atoms with E-state index in [4.69, 9.17) is 4.74 Å². The second-order valence-corrected chi connectivity index (χ2v) is 22.9. The molecular weight excluding hydrogens is 1290 g/mol. The third-order valence-electron chi connectivity index (χ3n) is 15.1. The lowest BCUT2D eigenvalue weighted by Gasteiger charge is -2.28. The number of likely N-dealkylation sites (N-methyl/N-ethyl adjacent to an activating group) is 1. The normalized spacial score (nSPS) is 11.3. The third kappa shape index (κ3) is 23.5. The van der Waals surface area contributed by atoms with Gasteiger partial charge < -0.3 is 84.1 Å². The summed E-state index contributed by atoms with van der Waals surface area (Å²) in [5, 5.41) is 39.7. The Balaban J connectivity index is 0. The molecule has 0 radical (unpaired) electrons. The highest BCUT2D eigenvalue weighted by molar-refractivity contribution is 5.78. The van der Waals surface area contributed by atoms with Crippen molar-refractivity contribution in [3.05, 3.63) is 179 Å². The van der Waals surface area contributed by atoms with Crippen LogP contribution in [0.25, 0.3) is 0 Å². The summed E-state index contributed by atoms with van der Waals surface area (Å²) >= 11 is 0. The summed E-state index contributed by atoms with van der Waals surface area (Å²) in [5.74, 6) is 0.453. The van der Waals surface area contributed by atoms with Gasteiger partial charge in [0.15, 0.2) is 0 Å². The second kappa shape index (κ2) is 44.7. The lowest BCUT2D eigenvalue weighted by molar-refractivity contribution is 0.198. The van der Waals surface area contributed by atoms with Gasteiger partial charge in [0.2, 0.25) is 0 Å². The summed E-state index contributed by atoms with van der Waals surface area (Å²) in [6, 6.07) is 8.63. The number of anilines is 14. The Kier molecular flexibility index (Phi) is 41.1. The molecule has 0 aliphatic heterocycles. The molecule has 1 unspecified atom stereocenters. The Hall–Kier alpha value is -10.1. The van der Waals surface area contributed by atoms with Crippen LogP contribution in [-0.2, 0) is 11.3 Å². The highest BCUT2D eigenvalue weighted by Crippen LogP contribution is 2.25. The minimum atomic E-state index is -0.445. The van der Waals surface area contributed by atoms with E-state index in [0.29, 0.717) is 124 Å². The number of benzene rings is 1. The van der Waals surface area contributed by atoms with Gasteiger partial charge in [-0.2, -0.15) is 0 Å². The quantitative estimate of drug-likeness (QED) is 0.0221. The summed E-state index contributed by atoms with van der Waals surface area (Å²) < 4.78 is 4.85. The largest absolute Gasteiger partial charge is 0.385 e. The fraction of sp³-hybridized carbons (Fsp3) is 0.514. The maximum absolute atomic E-state index is 11.3. The van der Waals surface area contributed by atoms with Crippen LogP contribution in [0.1, 0.15) is 114 Å². The highest BCUT2D eigenvalue weighted by Gasteiger charge is 2.26. The first-order chi connectivity index (χ1) is 45.6. The summed E-state index contributed by atoms with van der Waals surface area (Å²) in [6.45, 7) is 16.8. The van der Waals surface area contributed by atoms with Gasteiger partial charge >= 0.3 is 0 Å². The smallest absolute Gasteiger partial charge is 0.253 e. The molecule has 100 heavy (non-hydrogen) atoms. The molecule has 30 nitrogen and oxygen atoms in total. The van der Waals surface area contributed by atoms with E-state index < -0.39 is 70.6 Å². The van der Waals surface area contributed by atoms with Crippen molar-refractivity contribution < 1.29 is 4.74 Å². The average molecular weight is 1400 g/mol. The van der Waals surface area contributed by atoms with Crippen molar-refractivity contribution in [2.24, 2.45) is 5.92 Å². The predicted octanol–water partition coefficient (Wildman–Crippen LogP) is 4.22. The van der Waals surface area contributed by atoms with E-state index in [-0.39, 0.29) is 41.2 Å². The van der Waals surface area contributed by atoms with E-state index in [2.05, 4.69) is 74.4 Å². The van der Waals surface area contributed by atoms with Crippen LogP contribution in [0, 0.1) is 12.8 Å². The molecule has 14 N–H and O–H groups in total. The van der Waals surface area contributed by atoms with Crippen LogP contribution in [0.3, 0.4) is 0 Å². The first-order valence-corrected chi connectivity index (χ1v) is 31.6. The van der Waals surface area contributed by atoms with E-state index in [1.807, 2.05) is 84.8 Å². The summed E-state index contributed by atoms with van der Waals surface area (Å²) in [7, 11) is 17.0. The van der Waals surface area contributed by atoms with Crippen LogP contribution in [0.15, 0.2) is 91.4 Å². The first kappa shape index (κ1) is 92.0. The lowest BCUT2D eigenvalue weighted by atomic mass is 9.92. The molecule has 9 rings (SSSR count). The number of methoxy groups -OCH3 is 1.